The second kappa shape index (κ2) is 12.9. The molecule has 0 radical (unpaired) electrons. The van der Waals surface area contributed by atoms with Crippen molar-refractivity contribution < 1.29 is 27.5 Å². The summed E-state index contributed by atoms with van der Waals surface area (Å²) in [5, 5.41) is 5.95. The van der Waals surface area contributed by atoms with Crippen LogP contribution in [-0.2, 0) is 37.3 Å². The van der Waals surface area contributed by atoms with E-state index in [1.807, 2.05) is 54.6 Å². The maximum absolute atomic E-state index is 13.6. The number of ether oxygens (including phenoxy) is 2. The van der Waals surface area contributed by atoms with Crippen LogP contribution in [0.2, 0.25) is 0 Å². The Bertz CT molecular complexity index is 1400. The van der Waals surface area contributed by atoms with E-state index in [0.717, 1.165) is 16.9 Å². The molecule has 2 amide bonds. The van der Waals surface area contributed by atoms with E-state index in [-0.39, 0.29) is 36.2 Å². The Balaban J connectivity index is 1.58. The van der Waals surface area contributed by atoms with Gasteiger partial charge in [0.2, 0.25) is 21.8 Å². The molecule has 3 aromatic rings. The van der Waals surface area contributed by atoms with E-state index in [2.05, 4.69) is 15.4 Å². The van der Waals surface area contributed by atoms with E-state index >= 15 is 0 Å². The molecule has 0 saturated carbocycles. The van der Waals surface area contributed by atoms with Gasteiger partial charge in [0.15, 0.2) is 0 Å². The number of nitrogens with zero attached hydrogens (tertiary/aromatic N) is 1. The first-order valence-electron chi connectivity index (χ1n) is 12.5. The number of carbonyl (C=O) groups is 2. The predicted octanol–water partition coefficient (Wildman–Crippen LogP) is 2.31. The summed E-state index contributed by atoms with van der Waals surface area (Å²) >= 11 is 0. The van der Waals surface area contributed by atoms with Gasteiger partial charge >= 0.3 is 0 Å². The molecular formula is C28H32N4O6S. The fraction of sp³-hybridized carbons (Fsp3) is 0.286. The second-order valence-electron chi connectivity index (χ2n) is 8.98. The maximum Gasteiger partial charge on any atom is 0.247 e. The van der Waals surface area contributed by atoms with Crippen molar-refractivity contribution in [1.82, 2.24) is 10.0 Å². The van der Waals surface area contributed by atoms with Crippen molar-refractivity contribution in [3.63, 3.8) is 0 Å². The highest BCUT2D eigenvalue weighted by atomic mass is 32.2. The van der Waals surface area contributed by atoms with Gasteiger partial charge in [-0.2, -0.15) is 0 Å². The molecule has 11 heteroatoms. The molecule has 3 N–H and O–H groups in total. The van der Waals surface area contributed by atoms with Gasteiger partial charge in [-0.3, -0.25) is 14.5 Å². The first-order chi connectivity index (χ1) is 18.8. The molecule has 1 aliphatic rings. The van der Waals surface area contributed by atoms with Crippen LogP contribution < -0.4 is 25.0 Å². The Morgan fingerprint density at radius 2 is 1.74 bits per heavy atom. The van der Waals surface area contributed by atoms with Gasteiger partial charge in [-0.15, -0.1) is 0 Å². The highest BCUT2D eigenvalue weighted by molar-refractivity contribution is 7.89. The maximum atomic E-state index is 13.6. The van der Waals surface area contributed by atoms with Crippen LogP contribution in [0.15, 0.2) is 77.7 Å². The Kier molecular flexibility index (Phi) is 9.31. The molecule has 0 saturated heterocycles. The molecule has 0 aromatic heterocycles. The van der Waals surface area contributed by atoms with Gasteiger partial charge in [0.25, 0.3) is 0 Å². The van der Waals surface area contributed by atoms with Crippen molar-refractivity contribution in [2.24, 2.45) is 0 Å². The van der Waals surface area contributed by atoms with E-state index in [9.17, 15) is 18.0 Å². The third-order valence-electron chi connectivity index (χ3n) is 6.31. The zero-order chi connectivity index (χ0) is 27.8. The van der Waals surface area contributed by atoms with Crippen molar-refractivity contribution in [3.8, 4) is 5.75 Å². The fourth-order valence-corrected chi connectivity index (χ4v) is 5.37. The summed E-state index contributed by atoms with van der Waals surface area (Å²) in [7, 11) is -0.763. The minimum absolute atomic E-state index is 0.0239. The summed E-state index contributed by atoms with van der Waals surface area (Å²) in [5.41, 5.74) is 2.55. The molecule has 1 atom stereocenters. The third-order valence-corrected chi connectivity index (χ3v) is 7.77. The lowest BCUT2D eigenvalue weighted by atomic mass is 10.00. The fourth-order valence-electron chi connectivity index (χ4n) is 4.33. The zero-order valence-corrected chi connectivity index (χ0v) is 22.7. The van der Waals surface area contributed by atoms with Crippen LogP contribution in [-0.4, -0.2) is 60.2 Å². The number of fused-ring (bicyclic) bond motifs is 1. The summed E-state index contributed by atoms with van der Waals surface area (Å²) in [5.74, 6) is 0.0379. The summed E-state index contributed by atoms with van der Waals surface area (Å²) < 4.78 is 38.0. The summed E-state index contributed by atoms with van der Waals surface area (Å²) in [6.45, 7) is 0.735. The van der Waals surface area contributed by atoms with Gasteiger partial charge in [-0.1, -0.05) is 42.5 Å². The molecule has 0 spiro atoms. The summed E-state index contributed by atoms with van der Waals surface area (Å²) in [4.78, 5) is 28.3. The number of benzene rings is 3. The predicted molar refractivity (Wildman–Crippen MR) is 148 cm³/mol. The van der Waals surface area contributed by atoms with Crippen molar-refractivity contribution >= 4 is 33.2 Å². The molecule has 3 aromatic carbocycles. The monoisotopic (exact) mass is 552 g/mol. The molecule has 0 bridgehead atoms. The Hall–Kier alpha value is -3.77. The first kappa shape index (κ1) is 28.2. The number of hydrogen-bond acceptors (Lipinski definition) is 7. The number of rotatable bonds is 12. The minimum Gasteiger partial charge on any atom is -0.497 e. The lowest BCUT2D eigenvalue weighted by Gasteiger charge is -2.37. The molecule has 1 unspecified atom stereocenters. The molecule has 1 heterocycles. The van der Waals surface area contributed by atoms with Crippen molar-refractivity contribution in [1.29, 1.82) is 0 Å². The normalized spacial score (nSPS) is 15.0. The van der Waals surface area contributed by atoms with Crippen molar-refractivity contribution in [3.05, 3.63) is 83.9 Å². The quantitative estimate of drug-likeness (QED) is 0.295. The largest absolute Gasteiger partial charge is 0.497 e. The number of nitrogens with one attached hydrogen (secondary N) is 3. The summed E-state index contributed by atoms with van der Waals surface area (Å²) in [6.07, 6.45) is 0.301. The van der Waals surface area contributed by atoms with Gasteiger partial charge in [-0.05, 0) is 41.5 Å². The van der Waals surface area contributed by atoms with Crippen LogP contribution in [0.5, 0.6) is 5.75 Å². The van der Waals surface area contributed by atoms with Crippen LogP contribution in [0.4, 0.5) is 11.4 Å². The van der Waals surface area contributed by atoms with Gasteiger partial charge in [0.05, 0.1) is 36.5 Å². The van der Waals surface area contributed by atoms with Crippen LogP contribution in [0.1, 0.15) is 11.1 Å². The number of sulfonamides is 1. The Morgan fingerprint density at radius 3 is 2.44 bits per heavy atom. The van der Waals surface area contributed by atoms with Crippen LogP contribution >= 0.6 is 0 Å². The number of anilines is 2. The van der Waals surface area contributed by atoms with E-state index in [1.54, 1.807) is 13.2 Å². The lowest BCUT2D eigenvalue weighted by molar-refractivity contribution is -0.123. The lowest BCUT2D eigenvalue weighted by Crippen LogP contribution is -2.54. The SMILES string of the molecule is COCCNS(=O)(=O)c1ccc2c(c1)NC(=O)C(Cc1ccccc1)N2C(=O)CNCc1ccc(OC)cc1. The number of carbonyl (C=O) groups excluding carboxylic acids is 2. The van der Waals surface area contributed by atoms with E-state index in [1.165, 1.54) is 24.1 Å². The van der Waals surface area contributed by atoms with E-state index in [0.29, 0.717) is 18.7 Å². The van der Waals surface area contributed by atoms with Crippen LogP contribution in [0.25, 0.3) is 0 Å². The van der Waals surface area contributed by atoms with Gasteiger partial charge < -0.3 is 20.1 Å². The highest BCUT2D eigenvalue weighted by Crippen LogP contribution is 2.35. The Labute approximate surface area is 228 Å². The average Bonchev–Trinajstić information content (AvgIpc) is 2.94. The zero-order valence-electron chi connectivity index (χ0n) is 21.8. The molecular weight excluding hydrogens is 520 g/mol. The second-order valence-corrected chi connectivity index (χ2v) is 10.7. The standard InChI is InChI=1S/C28H32N4O6S/c1-37-15-14-30-39(35,36)23-12-13-25-24(17-23)31-28(34)26(16-20-6-4-3-5-7-20)32(25)27(33)19-29-18-21-8-10-22(38-2)11-9-21/h3-13,17,26,29-30H,14-16,18-19H2,1-2H3,(H,31,34). The first-order valence-corrected chi connectivity index (χ1v) is 13.9. The Morgan fingerprint density at radius 1 is 1.00 bits per heavy atom. The molecule has 1 aliphatic heterocycles. The highest BCUT2D eigenvalue weighted by Gasteiger charge is 2.37. The smallest absolute Gasteiger partial charge is 0.247 e. The number of methoxy groups -OCH3 is 2. The van der Waals surface area contributed by atoms with Crippen molar-refractivity contribution in [2.45, 2.75) is 23.9 Å². The molecule has 0 fully saturated rings. The number of amides is 2. The molecule has 39 heavy (non-hydrogen) atoms. The average molecular weight is 553 g/mol. The molecule has 4 rings (SSSR count). The third kappa shape index (κ3) is 7.01. The topological polar surface area (TPSA) is 126 Å². The summed E-state index contributed by atoms with van der Waals surface area (Å²) in [6, 6.07) is 20.5. The van der Waals surface area contributed by atoms with Gasteiger partial charge in [-0.25, -0.2) is 13.1 Å². The molecule has 0 aliphatic carbocycles. The minimum atomic E-state index is -3.84. The van der Waals surface area contributed by atoms with Gasteiger partial charge in [0, 0.05) is 26.6 Å². The van der Waals surface area contributed by atoms with E-state index < -0.39 is 22.0 Å². The van der Waals surface area contributed by atoms with E-state index in [4.69, 9.17) is 9.47 Å². The van der Waals surface area contributed by atoms with Crippen molar-refractivity contribution in [2.75, 3.05) is 44.1 Å². The van der Waals surface area contributed by atoms with Gasteiger partial charge in [0.1, 0.15) is 11.8 Å². The molecule has 10 nitrogen and oxygen atoms in total. The number of hydrogen-bond donors (Lipinski definition) is 3. The molecule has 206 valence electrons. The van der Waals surface area contributed by atoms with Crippen LogP contribution in [0.3, 0.4) is 0 Å². The van der Waals surface area contributed by atoms with Crippen LogP contribution in [0, 0.1) is 0 Å².